The predicted molar refractivity (Wildman–Crippen MR) is 67.8 cm³/mol. The van der Waals surface area contributed by atoms with Crippen molar-refractivity contribution in [2.45, 2.75) is 44.3 Å². The number of hydrogen-bond acceptors (Lipinski definition) is 4. The molecule has 0 aliphatic rings. The van der Waals surface area contributed by atoms with Crippen LogP contribution in [0.5, 0.6) is 0 Å². The molecule has 1 aromatic heterocycles. The fourth-order valence-corrected chi connectivity index (χ4v) is 1.90. The van der Waals surface area contributed by atoms with Crippen LogP contribution in [0.2, 0.25) is 0 Å². The van der Waals surface area contributed by atoms with E-state index in [1.165, 1.54) is 17.1 Å². The normalized spacial score (nSPS) is 12.4. The molecule has 0 saturated heterocycles. The molecule has 0 saturated carbocycles. The zero-order valence-corrected chi connectivity index (χ0v) is 12.0. The van der Waals surface area contributed by atoms with E-state index in [1.54, 1.807) is 0 Å². The molecule has 1 aromatic rings. The van der Waals surface area contributed by atoms with Crippen LogP contribution in [-0.4, -0.2) is 29.4 Å². The van der Waals surface area contributed by atoms with Gasteiger partial charge in [-0.25, -0.2) is 13.4 Å². The molecule has 0 aliphatic carbocycles. The molecule has 18 heavy (non-hydrogen) atoms. The van der Waals surface area contributed by atoms with Crippen LogP contribution in [-0.2, 0) is 20.4 Å². The molecule has 0 atom stereocenters. The van der Waals surface area contributed by atoms with E-state index in [1.807, 2.05) is 20.8 Å². The molecule has 0 bridgehead atoms. The fraction of sp³-hybridized carbons (Fsp3) is 0.600. The van der Waals surface area contributed by atoms with Gasteiger partial charge in [-0.1, -0.05) is 6.92 Å². The number of rotatable bonds is 5. The van der Waals surface area contributed by atoms with Gasteiger partial charge in [0.2, 0.25) is 5.91 Å². The molecule has 0 unspecified atom stereocenters. The maximum absolute atomic E-state index is 11.7. The van der Waals surface area contributed by atoms with Gasteiger partial charge in [-0.05, 0) is 20.3 Å². The molecular formula is C10H16ClN3O3S. The van der Waals surface area contributed by atoms with Gasteiger partial charge in [0.05, 0.1) is 6.33 Å². The summed E-state index contributed by atoms with van der Waals surface area (Å²) >= 11 is 0. The van der Waals surface area contributed by atoms with Crippen molar-refractivity contribution in [1.82, 2.24) is 14.9 Å². The third-order valence-corrected chi connectivity index (χ3v) is 3.73. The van der Waals surface area contributed by atoms with Crippen molar-refractivity contribution in [2.75, 3.05) is 0 Å². The average molecular weight is 294 g/mol. The molecule has 6 nitrogen and oxygen atoms in total. The number of nitrogens with one attached hydrogen (secondary N) is 1. The number of amides is 1. The van der Waals surface area contributed by atoms with Gasteiger partial charge in [-0.15, -0.1) is 0 Å². The third kappa shape index (κ3) is 4.30. The molecule has 0 aliphatic heterocycles. The zero-order valence-electron chi connectivity index (χ0n) is 10.5. The lowest BCUT2D eigenvalue weighted by Crippen LogP contribution is -2.44. The van der Waals surface area contributed by atoms with Crippen molar-refractivity contribution in [3.63, 3.8) is 0 Å². The summed E-state index contributed by atoms with van der Waals surface area (Å²) in [4.78, 5) is 15.3. The molecule has 1 N–H and O–H groups in total. The summed E-state index contributed by atoms with van der Waals surface area (Å²) in [6, 6.07) is 0. The minimum absolute atomic E-state index is 0.00282. The maximum Gasteiger partial charge on any atom is 0.280 e. The van der Waals surface area contributed by atoms with Gasteiger partial charge in [0.15, 0.2) is 5.03 Å². The van der Waals surface area contributed by atoms with Crippen LogP contribution in [0.25, 0.3) is 0 Å². The predicted octanol–water partition coefficient (Wildman–Crippen LogP) is 1.12. The molecule has 0 spiro atoms. The zero-order chi connectivity index (χ0) is 14.0. The SMILES string of the molecule is CCC(C)(C)NC(=O)Cn1cnc(S(=O)(=O)Cl)c1. The summed E-state index contributed by atoms with van der Waals surface area (Å²) in [7, 11) is 1.28. The molecule has 8 heteroatoms. The van der Waals surface area contributed by atoms with Gasteiger partial charge < -0.3 is 9.88 Å². The lowest BCUT2D eigenvalue weighted by atomic mass is 10.0. The Morgan fingerprint density at radius 2 is 2.17 bits per heavy atom. The molecule has 1 heterocycles. The van der Waals surface area contributed by atoms with Crippen LogP contribution >= 0.6 is 10.7 Å². The van der Waals surface area contributed by atoms with Crippen molar-refractivity contribution in [2.24, 2.45) is 0 Å². The van der Waals surface area contributed by atoms with Crippen molar-refractivity contribution in [3.05, 3.63) is 12.5 Å². The second kappa shape index (κ2) is 5.27. The third-order valence-electron chi connectivity index (χ3n) is 2.55. The van der Waals surface area contributed by atoms with E-state index in [2.05, 4.69) is 10.3 Å². The standard InChI is InChI=1S/C10H16ClN3O3S/c1-4-10(2,3)13-8(15)5-14-6-9(12-7-14)18(11,16)17/h6-7H,4-5H2,1-3H3,(H,13,15). The highest BCUT2D eigenvalue weighted by atomic mass is 35.7. The first-order valence-electron chi connectivity index (χ1n) is 5.41. The Morgan fingerprint density at radius 1 is 1.56 bits per heavy atom. The summed E-state index contributed by atoms with van der Waals surface area (Å²) in [5.74, 6) is -0.210. The van der Waals surface area contributed by atoms with Gasteiger partial charge in [0, 0.05) is 22.4 Å². The minimum atomic E-state index is -3.85. The van der Waals surface area contributed by atoms with Crippen molar-refractivity contribution >= 4 is 25.6 Å². The molecule has 0 fully saturated rings. The maximum atomic E-state index is 11.7. The minimum Gasteiger partial charge on any atom is -0.350 e. The number of carbonyl (C=O) groups excluding carboxylic acids is 1. The lowest BCUT2D eigenvalue weighted by Gasteiger charge is -2.24. The second-order valence-electron chi connectivity index (χ2n) is 4.61. The van der Waals surface area contributed by atoms with Gasteiger partial charge in [-0.2, -0.15) is 0 Å². The Balaban J connectivity index is 2.69. The van der Waals surface area contributed by atoms with Crippen molar-refractivity contribution < 1.29 is 13.2 Å². The summed E-state index contributed by atoms with van der Waals surface area (Å²) < 4.78 is 23.4. The highest BCUT2D eigenvalue weighted by Crippen LogP contribution is 2.11. The van der Waals surface area contributed by atoms with Gasteiger partial charge >= 0.3 is 0 Å². The highest BCUT2D eigenvalue weighted by Gasteiger charge is 2.19. The molecule has 102 valence electrons. The van der Waals surface area contributed by atoms with E-state index < -0.39 is 9.05 Å². The van der Waals surface area contributed by atoms with Gasteiger partial charge in [0.1, 0.15) is 6.54 Å². The Kier molecular flexibility index (Phi) is 4.39. The molecule has 1 rings (SSSR count). The van der Waals surface area contributed by atoms with Crippen LogP contribution in [0.3, 0.4) is 0 Å². The topological polar surface area (TPSA) is 81.1 Å². The van der Waals surface area contributed by atoms with Crippen LogP contribution in [0.4, 0.5) is 0 Å². The summed E-state index contributed by atoms with van der Waals surface area (Å²) in [6.07, 6.45) is 3.28. The Labute approximate surface area is 111 Å². The number of aromatic nitrogens is 2. The second-order valence-corrected chi connectivity index (χ2v) is 7.12. The fourth-order valence-electron chi connectivity index (χ4n) is 1.22. The summed E-state index contributed by atoms with van der Waals surface area (Å²) in [5, 5.41) is 2.57. The number of halogens is 1. The van der Waals surface area contributed by atoms with E-state index in [9.17, 15) is 13.2 Å². The number of nitrogens with zero attached hydrogens (tertiary/aromatic N) is 2. The Hall–Kier alpha value is -1.08. The van der Waals surface area contributed by atoms with Crippen LogP contribution in [0.1, 0.15) is 27.2 Å². The quantitative estimate of drug-likeness (QED) is 0.825. The van der Waals surface area contributed by atoms with Crippen LogP contribution in [0, 0.1) is 0 Å². The summed E-state index contributed by atoms with van der Waals surface area (Å²) in [6.45, 7) is 5.79. The van der Waals surface area contributed by atoms with Gasteiger partial charge in [-0.3, -0.25) is 4.79 Å². The average Bonchev–Trinajstić information content (AvgIpc) is 2.64. The Morgan fingerprint density at radius 3 is 2.61 bits per heavy atom. The summed E-state index contributed by atoms with van der Waals surface area (Å²) in [5.41, 5.74) is -0.293. The van der Waals surface area contributed by atoms with Crippen molar-refractivity contribution in [3.8, 4) is 0 Å². The van der Waals surface area contributed by atoms with E-state index in [-0.39, 0.29) is 23.0 Å². The first kappa shape index (κ1) is 15.0. The first-order valence-corrected chi connectivity index (χ1v) is 7.72. The molecule has 0 radical (unpaired) electrons. The Bertz CT molecular complexity index is 536. The number of hydrogen-bond donors (Lipinski definition) is 1. The largest absolute Gasteiger partial charge is 0.350 e. The monoisotopic (exact) mass is 293 g/mol. The first-order chi connectivity index (χ1) is 8.14. The van der Waals surface area contributed by atoms with E-state index >= 15 is 0 Å². The van der Waals surface area contributed by atoms with Crippen LogP contribution < -0.4 is 5.32 Å². The lowest BCUT2D eigenvalue weighted by molar-refractivity contribution is -0.123. The van der Waals surface area contributed by atoms with E-state index in [4.69, 9.17) is 10.7 Å². The molecule has 0 aromatic carbocycles. The van der Waals surface area contributed by atoms with E-state index in [0.717, 1.165) is 6.42 Å². The molecular weight excluding hydrogens is 278 g/mol. The number of carbonyl (C=O) groups is 1. The highest BCUT2D eigenvalue weighted by molar-refractivity contribution is 8.13. The molecule has 1 amide bonds. The van der Waals surface area contributed by atoms with Crippen LogP contribution in [0.15, 0.2) is 17.6 Å². The smallest absolute Gasteiger partial charge is 0.280 e. The van der Waals surface area contributed by atoms with Gasteiger partial charge in [0.25, 0.3) is 9.05 Å². The number of imidazole rings is 1. The van der Waals surface area contributed by atoms with E-state index in [0.29, 0.717) is 0 Å². The van der Waals surface area contributed by atoms with Crippen molar-refractivity contribution in [1.29, 1.82) is 0 Å².